The summed E-state index contributed by atoms with van der Waals surface area (Å²) in [7, 11) is -5.13. The van der Waals surface area contributed by atoms with E-state index < -0.39 is 20.8 Å². The molecule has 1 aliphatic heterocycles. The van der Waals surface area contributed by atoms with E-state index in [4.69, 9.17) is 5.26 Å². The third-order valence-electron chi connectivity index (χ3n) is 5.35. The summed E-state index contributed by atoms with van der Waals surface area (Å²) in [6, 6.07) is 19.4. The standard InChI is InChI=1S/C23H17N3O3S3/c1-15-25-20-8-7-19(13-22(20)30-15)32(28,29)26-10-11-31(27)23-9-6-18(12-21(23)26)17-4-2-16(14-24)3-5-17/h2-9,12-13H,10-11H2,1H3. The molecule has 3 aromatic carbocycles. The van der Waals surface area contributed by atoms with E-state index in [9.17, 15) is 12.6 Å². The monoisotopic (exact) mass is 479 g/mol. The van der Waals surface area contributed by atoms with E-state index in [1.165, 1.54) is 15.6 Å². The third-order valence-corrected chi connectivity index (χ3v) is 9.49. The highest BCUT2D eigenvalue weighted by atomic mass is 32.2. The quantitative estimate of drug-likeness (QED) is 0.433. The summed E-state index contributed by atoms with van der Waals surface area (Å²) < 4.78 is 42.0. The van der Waals surface area contributed by atoms with Gasteiger partial charge < -0.3 is 0 Å². The van der Waals surface area contributed by atoms with Gasteiger partial charge in [0.1, 0.15) is 0 Å². The van der Waals surface area contributed by atoms with Crippen LogP contribution in [0.25, 0.3) is 21.3 Å². The van der Waals surface area contributed by atoms with Gasteiger partial charge in [0, 0.05) is 12.3 Å². The molecular weight excluding hydrogens is 462 g/mol. The second-order valence-electron chi connectivity index (χ2n) is 7.36. The molecule has 4 aromatic rings. The Morgan fingerprint density at radius 1 is 1.06 bits per heavy atom. The van der Waals surface area contributed by atoms with Crippen molar-refractivity contribution in [2.45, 2.75) is 16.7 Å². The van der Waals surface area contributed by atoms with Gasteiger partial charge in [0.15, 0.2) is 0 Å². The minimum atomic E-state index is -3.86. The highest BCUT2D eigenvalue weighted by Crippen LogP contribution is 2.37. The van der Waals surface area contributed by atoms with Crippen molar-refractivity contribution in [3.8, 4) is 17.2 Å². The number of hydrogen-bond donors (Lipinski definition) is 0. The lowest BCUT2D eigenvalue weighted by Crippen LogP contribution is -2.38. The molecule has 1 aromatic heterocycles. The second kappa shape index (κ2) is 7.81. The lowest BCUT2D eigenvalue weighted by Gasteiger charge is -2.30. The van der Waals surface area contributed by atoms with Crippen molar-refractivity contribution in [2.24, 2.45) is 0 Å². The van der Waals surface area contributed by atoms with Crippen molar-refractivity contribution in [3.05, 3.63) is 71.2 Å². The molecule has 2 heterocycles. The Hall–Kier alpha value is -3.06. The van der Waals surface area contributed by atoms with Gasteiger partial charge in [-0.15, -0.1) is 11.3 Å². The Kier molecular flexibility index (Phi) is 5.08. The van der Waals surface area contributed by atoms with Gasteiger partial charge in [0.05, 0.1) is 53.1 Å². The topological polar surface area (TPSA) is 91.1 Å². The molecular formula is C23H17N3O3S3. The smallest absolute Gasteiger partial charge is 0.264 e. The van der Waals surface area contributed by atoms with Crippen LogP contribution in [0.3, 0.4) is 0 Å². The number of thiazole rings is 1. The lowest BCUT2D eigenvalue weighted by atomic mass is 10.0. The van der Waals surface area contributed by atoms with Gasteiger partial charge in [-0.05, 0) is 60.5 Å². The van der Waals surface area contributed by atoms with Crippen molar-refractivity contribution in [2.75, 3.05) is 16.6 Å². The highest BCUT2D eigenvalue weighted by Gasteiger charge is 2.32. The number of rotatable bonds is 3. The predicted molar refractivity (Wildman–Crippen MR) is 127 cm³/mol. The van der Waals surface area contributed by atoms with E-state index >= 15 is 0 Å². The number of hydrogen-bond acceptors (Lipinski definition) is 6. The van der Waals surface area contributed by atoms with Gasteiger partial charge >= 0.3 is 0 Å². The maximum Gasteiger partial charge on any atom is 0.264 e. The van der Waals surface area contributed by atoms with Crippen LogP contribution < -0.4 is 4.31 Å². The van der Waals surface area contributed by atoms with Gasteiger partial charge in [0.2, 0.25) is 0 Å². The number of nitriles is 1. The Labute approximate surface area is 192 Å². The minimum absolute atomic E-state index is 0.137. The molecule has 0 N–H and O–H groups in total. The zero-order valence-electron chi connectivity index (χ0n) is 17.0. The zero-order valence-corrected chi connectivity index (χ0v) is 19.4. The second-order valence-corrected chi connectivity index (χ2v) is 12.0. The number of benzene rings is 3. The number of aryl methyl sites for hydroxylation is 1. The minimum Gasteiger partial charge on any atom is -0.264 e. The molecule has 160 valence electrons. The number of sulfonamides is 1. The van der Waals surface area contributed by atoms with Gasteiger partial charge in [-0.1, -0.05) is 18.2 Å². The Balaban J connectivity index is 1.61. The molecule has 32 heavy (non-hydrogen) atoms. The van der Waals surface area contributed by atoms with E-state index in [1.807, 2.05) is 25.1 Å². The fourth-order valence-corrected chi connectivity index (χ4v) is 7.58. The molecule has 0 aliphatic carbocycles. The largest absolute Gasteiger partial charge is 0.264 e. The zero-order chi connectivity index (χ0) is 22.5. The predicted octanol–water partition coefficient (Wildman–Crippen LogP) is 4.46. The Morgan fingerprint density at radius 3 is 2.56 bits per heavy atom. The molecule has 0 fully saturated rings. The summed E-state index contributed by atoms with van der Waals surface area (Å²) in [5, 5.41) is 9.90. The summed E-state index contributed by atoms with van der Waals surface area (Å²) >= 11 is 1.45. The van der Waals surface area contributed by atoms with Gasteiger partial charge in [-0.3, -0.25) is 8.51 Å². The molecule has 0 radical (unpaired) electrons. The van der Waals surface area contributed by atoms with Crippen molar-refractivity contribution in [3.63, 3.8) is 0 Å². The highest BCUT2D eigenvalue weighted by molar-refractivity contribution is 7.93. The van der Waals surface area contributed by atoms with E-state index in [0.717, 1.165) is 26.4 Å². The van der Waals surface area contributed by atoms with Crippen LogP contribution in [0.15, 0.2) is 70.5 Å². The van der Waals surface area contributed by atoms with Crippen LogP contribution in [-0.2, 0) is 20.8 Å². The molecule has 9 heteroatoms. The number of anilines is 1. The van der Waals surface area contributed by atoms with Crippen molar-refractivity contribution >= 4 is 48.1 Å². The maximum absolute atomic E-state index is 13.6. The average Bonchev–Trinajstić information content (AvgIpc) is 3.18. The van der Waals surface area contributed by atoms with Gasteiger partial charge in [0.25, 0.3) is 10.0 Å². The van der Waals surface area contributed by atoms with Gasteiger partial charge in [-0.2, -0.15) is 5.26 Å². The van der Waals surface area contributed by atoms with Crippen LogP contribution in [-0.4, -0.2) is 29.9 Å². The lowest BCUT2D eigenvalue weighted by molar-refractivity contribution is 0.591. The molecule has 1 unspecified atom stereocenters. The number of aromatic nitrogens is 1. The third kappa shape index (κ3) is 3.50. The maximum atomic E-state index is 13.6. The Bertz CT molecular complexity index is 1530. The van der Waals surface area contributed by atoms with E-state index in [1.54, 1.807) is 42.5 Å². The first-order chi connectivity index (χ1) is 15.4. The summed E-state index contributed by atoms with van der Waals surface area (Å²) in [5.74, 6) is 0.240. The summed E-state index contributed by atoms with van der Waals surface area (Å²) in [6.45, 7) is 2.03. The first kappa shape index (κ1) is 20.8. The fraction of sp³-hybridized carbons (Fsp3) is 0.130. The van der Waals surface area contributed by atoms with E-state index in [-0.39, 0.29) is 17.2 Å². The van der Waals surface area contributed by atoms with Crippen molar-refractivity contribution in [1.82, 2.24) is 4.98 Å². The molecule has 5 rings (SSSR count). The molecule has 0 spiro atoms. The van der Waals surface area contributed by atoms with Crippen LogP contribution in [0.2, 0.25) is 0 Å². The summed E-state index contributed by atoms with van der Waals surface area (Å²) in [4.78, 5) is 5.10. The molecule has 0 bridgehead atoms. The van der Waals surface area contributed by atoms with Crippen LogP contribution in [0.4, 0.5) is 5.69 Å². The summed E-state index contributed by atoms with van der Waals surface area (Å²) in [6.07, 6.45) is 0. The normalized spacial score (nSPS) is 16.0. The Morgan fingerprint density at radius 2 is 1.81 bits per heavy atom. The van der Waals surface area contributed by atoms with Crippen LogP contribution in [0.5, 0.6) is 0 Å². The molecule has 0 saturated carbocycles. The molecule has 1 atom stereocenters. The van der Waals surface area contributed by atoms with Crippen LogP contribution in [0, 0.1) is 18.3 Å². The molecule has 6 nitrogen and oxygen atoms in total. The van der Waals surface area contributed by atoms with Crippen LogP contribution in [0.1, 0.15) is 10.6 Å². The first-order valence-corrected chi connectivity index (χ1v) is 13.4. The SMILES string of the molecule is Cc1nc2ccc(S(=O)(=O)N3CCS(=O)c4ccc(-c5ccc(C#N)cc5)cc43)cc2s1. The van der Waals surface area contributed by atoms with Gasteiger partial charge in [-0.25, -0.2) is 13.4 Å². The molecule has 0 amide bonds. The average molecular weight is 480 g/mol. The van der Waals surface area contributed by atoms with Crippen LogP contribution >= 0.6 is 11.3 Å². The van der Waals surface area contributed by atoms with Crippen molar-refractivity contribution in [1.29, 1.82) is 5.26 Å². The molecule has 1 aliphatic rings. The van der Waals surface area contributed by atoms with E-state index in [0.29, 0.717) is 16.1 Å². The molecule has 0 saturated heterocycles. The van der Waals surface area contributed by atoms with Crippen molar-refractivity contribution < 1.29 is 12.6 Å². The number of nitrogens with zero attached hydrogens (tertiary/aromatic N) is 3. The first-order valence-electron chi connectivity index (χ1n) is 9.80. The number of fused-ring (bicyclic) bond motifs is 2. The van der Waals surface area contributed by atoms with E-state index in [2.05, 4.69) is 11.1 Å². The fourth-order valence-electron chi connectivity index (χ4n) is 3.78. The summed E-state index contributed by atoms with van der Waals surface area (Å²) in [5.41, 5.74) is 3.39.